The molecule has 11 heteroatoms. The molecule has 1 rings (SSSR count). The number of azo groups is 1. The molecule has 0 aliphatic carbocycles. The summed E-state index contributed by atoms with van der Waals surface area (Å²) in [5.74, 6) is -1.36. The highest BCUT2D eigenvalue weighted by molar-refractivity contribution is 7.86. The molecule has 0 bridgehead atoms. The summed E-state index contributed by atoms with van der Waals surface area (Å²) in [6.07, 6.45) is 18.1. The lowest BCUT2D eigenvalue weighted by Gasteiger charge is -2.10. The van der Waals surface area contributed by atoms with Crippen molar-refractivity contribution >= 4 is 50.8 Å². The first-order valence-electron chi connectivity index (χ1n) is 14.2. The van der Waals surface area contributed by atoms with E-state index in [0.717, 1.165) is 25.3 Å². The quantitative estimate of drug-likeness (QED) is 0.0461. The highest BCUT2D eigenvalue weighted by Gasteiger charge is 2.28. The fourth-order valence-corrected chi connectivity index (χ4v) is 5.55. The molecule has 1 aromatic rings. The van der Waals surface area contributed by atoms with Gasteiger partial charge in [0.1, 0.15) is 10.6 Å². The first-order valence-corrected chi connectivity index (χ1v) is 16.4. The van der Waals surface area contributed by atoms with Crippen LogP contribution < -0.4 is 0 Å². The predicted molar refractivity (Wildman–Crippen MR) is 156 cm³/mol. The Labute approximate surface area is 244 Å². The fraction of sp³-hybridized carbons (Fsp3) is 0.714. The third kappa shape index (κ3) is 15.1. The Morgan fingerprint density at radius 1 is 0.846 bits per heavy atom. The van der Waals surface area contributed by atoms with Crippen LogP contribution in [0.5, 0.6) is 0 Å². The molecule has 0 aromatic heterocycles. The van der Waals surface area contributed by atoms with E-state index in [1.165, 1.54) is 76.7 Å². The highest BCUT2D eigenvalue weighted by atomic mass is 35.5. The van der Waals surface area contributed by atoms with Crippen LogP contribution in [-0.4, -0.2) is 37.4 Å². The van der Waals surface area contributed by atoms with Crippen molar-refractivity contribution in [2.24, 2.45) is 10.2 Å². The number of halogens is 2. The van der Waals surface area contributed by atoms with E-state index in [4.69, 9.17) is 27.9 Å². The summed E-state index contributed by atoms with van der Waals surface area (Å²) in [7, 11) is -4.74. The van der Waals surface area contributed by atoms with Crippen LogP contribution in [-0.2, 0) is 24.4 Å². The number of rotatable bonds is 22. The molecule has 1 N–H and O–H groups in total. The number of nitrogens with zero attached hydrogens (tertiary/aromatic N) is 2. The fourth-order valence-electron chi connectivity index (χ4n) is 4.22. The molecule has 0 saturated carbocycles. The number of carbonyl (C=O) groups is 2. The SMILES string of the molecule is CCCCCCCCCCCCCCCCCC(=O)C(N=Nc1c(Cl)cc(Cl)cc1S(=O)(=O)O)C(=O)OCC. The lowest BCUT2D eigenvalue weighted by Crippen LogP contribution is -2.30. The maximum absolute atomic E-state index is 12.8. The Bertz CT molecular complexity index is 1020. The number of Topliss-reactive ketones (excluding diaryl/α,β-unsaturated/α-hetero) is 1. The summed E-state index contributed by atoms with van der Waals surface area (Å²) in [5.41, 5.74) is -0.419. The number of benzene rings is 1. The molecule has 1 unspecified atom stereocenters. The van der Waals surface area contributed by atoms with E-state index in [1.54, 1.807) is 6.92 Å². The molecule has 0 saturated heterocycles. The van der Waals surface area contributed by atoms with Gasteiger partial charge in [0.15, 0.2) is 5.78 Å². The molecule has 8 nitrogen and oxygen atoms in total. The lowest BCUT2D eigenvalue weighted by molar-refractivity contribution is -0.147. The summed E-state index contributed by atoms with van der Waals surface area (Å²) < 4.78 is 37.9. The van der Waals surface area contributed by atoms with Crippen molar-refractivity contribution in [2.75, 3.05) is 6.61 Å². The number of hydrogen-bond donors (Lipinski definition) is 1. The topological polar surface area (TPSA) is 122 Å². The average molecular weight is 608 g/mol. The van der Waals surface area contributed by atoms with Crippen molar-refractivity contribution in [3.05, 3.63) is 22.2 Å². The maximum atomic E-state index is 12.8. The highest BCUT2D eigenvalue weighted by Crippen LogP contribution is 2.36. The third-order valence-corrected chi connectivity index (χ3v) is 7.76. The Balaban J connectivity index is 2.47. The first kappa shape index (κ1) is 35.5. The van der Waals surface area contributed by atoms with E-state index in [9.17, 15) is 22.6 Å². The van der Waals surface area contributed by atoms with Gasteiger partial charge in [-0.3, -0.25) is 9.35 Å². The minimum Gasteiger partial charge on any atom is -0.464 e. The van der Waals surface area contributed by atoms with Gasteiger partial charge in [0.2, 0.25) is 6.04 Å². The molecular formula is C28H44Cl2N2O6S. The zero-order valence-electron chi connectivity index (χ0n) is 23.3. The largest absolute Gasteiger partial charge is 0.464 e. The summed E-state index contributed by atoms with van der Waals surface area (Å²) >= 11 is 11.9. The molecule has 1 atom stereocenters. The van der Waals surface area contributed by atoms with E-state index in [2.05, 4.69) is 17.2 Å². The van der Waals surface area contributed by atoms with Crippen molar-refractivity contribution in [3.63, 3.8) is 0 Å². The molecule has 222 valence electrons. The van der Waals surface area contributed by atoms with Crippen molar-refractivity contribution < 1.29 is 27.3 Å². The predicted octanol–water partition coefficient (Wildman–Crippen LogP) is 9.09. The second kappa shape index (κ2) is 20.3. The van der Waals surface area contributed by atoms with Gasteiger partial charge >= 0.3 is 5.97 Å². The Morgan fingerprint density at radius 2 is 1.33 bits per heavy atom. The summed E-state index contributed by atoms with van der Waals surface area (Å²) in [6.45, 7) is 3.87. The van der Waals surface area contributed by atoms with Crippen LogP contribution in [0.15, 0.2) is 27.3 Å². The van der Waals surface area contributed by atoms with Gasteiger partial charge in [0.25, 0.3) is 10.1 Å². The van der Waals surface area contributed by atoms with E-state index in [1.807, 2.05) is 0 Å². The maximum Gasteiger partial charge on any atom is 0.340 e. The van der Waals surface area contributed by atoms with Gasteiger partial charge in [0, 0.05) is 11.4 Å². The molecule has 0 fully saturated rings. The van der Waals surface area contributed by atoms with Gasteiger partial charge in [-0.15, -0.1) is 0 Å². The normalized spacial score (nSPS) is 12.6. The molecule has 0 aliphatic rings. The van der Waals surface area contributed by atoms with Gasteiger partial charge in [-0.25, -0.2) is 4.79 Å². The second-order valence-corrected chi connectivity index (χ2v) is 12.0. The van der Waals surface area contributed by atoms with E-state index in [-0.39, 0.29) is 23.1 Å². The van der Waals surface area contributed by atoms with Crippen LogP contribution in [0.3, 0.4) is 0 Å². The van der Waals surface area contributed by atoms with Crippen LogP contribution in [0.25, 0.3) is 0 Å². The van der Waals surface area contributed by atoms with Crippen molar-refractivity contribution in [1.29, 1.82) is 0 Å². The van der Waals surface area contributed by atoms with Gasteiger partial charge in [0.05, 0.1) is 11.6 Å². The van der Waals surface area contributed by atoms with Crippen molar-refractivity contribution in [2.45, 2.75) is 128 Å². The number of ketones is 1. The zero-order chi connectivity index (χ0) is 29.1. The standard InChI is InChI=1S/C28H44Cl2N2O6S/c1-3-5-6-7-8-9-10-11-12-13-14-15-16-17-18-19-24(33)27(28(34)38-4-2)32-31-26-23(30)20-22(29)21-25(26)39(35,36)37/h20-21,27H,3-19H2,1-2H3,(H,35,36,37). The molecule has 0 radical (unpaired) electrons. The summed E-state index contributed by atoms with van der Waals surface area (Å²) in [5, 5.41) is 7.24. The number of esters is 1. The molecule has 39 heavy (non-hydrogen) atoms. The summed E-state index contributed by atoms with van der Waals surface area (Å²) in [4.78, 5) is 24.4. The first-order chi connectivity index (χ1) is 18.6. The second-order valence-electron chi connectivity index (χ2n) is 9.75. The van der Waals surface area contributed by atoms with Crippen molar-refractivity contribution in [3.8, 4) is 0 Å². The smallest absolute Gasteiger partial charge is 0.340 e. The van der Waals surface area contributed by atoms with Crippen LogP contribution in [0.1, 0.15) is 117 Å². The molecule has 1 aromatic carbocycles. The Hall–Kier alpha value is -1.55. The van der Waals surface area contributed by atoms with E-state index >= 15 is 0 Å². The number of carbonyl (C=O) groups excluding carboxylic acids is 2. The molecule has 0 heterocycles. The molecule has 0 amide bonds. The number of ether oxygens (including phenoxy) is 1. The van der Waals surface area contributed by atoms with Crippen LogP contribution in [0, 0.1) is 0 Å². The van der Waals surface area contributed by atoms with Gasteiger partial charge < -0.3 is 4.74 Å². The van der Waals surface area contributed by atoms with Crippen molar-refractivity contribution in [1.82, 2.24) is 0 Å². The van der Waals surface area contributed by atoms with Crippen LogP contribution >= 0.6 is 23.2 Å². The minimum absolute atomic E-state index is 0.0368. The average Bonchev–Trinajstić information content (AvgIpc) is 2.86. The van der Waals surface area contributed by atoms with E-state index < -0.39 is 38.5 Å². The Kier molecular flexibility index (Phi) is 18.5. The van der Waals surface area contributed by atoms with Gasteiger partial charge in [-0.2, -0.15) is 18.6 Å². The monoisotopic (exact) mass is 606 g/mol. The van der Waals surface area contributed by atoms with Crippen LogP contribution in [0.4, 0.5) is 5.69 Å². The van der Waals surface area contributed by atoms with Gasteiger partial charge in [-0.05, 0) is 25.5 Å². The van der Waals surface area contributed by atoms with Crippen LogP contribution in [0.2, 0.25) is 10.0 Å². The summed E-state index contributed by atoms with van der Waals surface area (Å²) in [6, 6.07) is 0.606. The lowest BCUT2D eigenvalue weighted by atomic mass is 10.0. The minimum atomic E-state index is -4.74. The molecular weight excluding hydrogens is 563 g/mol. The number of unbranched alkanes of at least 4 members (excludes halogenated alkanes) is 14. The molecule has 0 spiro atoms. The van der Waals surface area contributed by atoms with Gasteiger partial charge in [-0.1, -0.05) is 120 Å². The Morgan fingerprint density at radius 3 is 1.79 bits per heavy atom. The number of hydrogen-bond acceptors (Lipinski definition) is 7. The third-order valence-electron chi connectivity index (χ3n) is 6.39. The zero-order valence-corrected chi connectivity index (χ0v) is 25.6. The van der Waals surface area contributed by atoms with E-state index in [0.29, 0.717) is 6.42 Å². The molecule has 0 aliphatic heterocycles.